The van der Waals surface area contributed by atoms with Gasteiger partial charge in [0.2, 0.25) is 0 Å². The minimum absolute atomic E-state index is 0.418. The number of fused-ring (bicyclic) bond motifs is 5. The molecule has 2 aliphatic carbocycles. The second-order valence-corrected chi connectivity index (χ2v) is 8.32. The SMILES string of the molecule is CC(C)(C)C1CCc2nc3sc4c(n3c2C1)CCC4. The van der Waals surface area contributed by atoms with E-state index in [-0.39, 0.29) is 0 Å². The van der Waals surface area contributed by atoms with E-state index in [1.165, 1.54) is 49.2 Å². The first-order chi connectivity index (χ1) is 9.04. The summed E-state index contributed by atoms with van der Waals surface area (Å²) in [5.41, 5.74) is 4.94. The molecule has 0 spiro atoms. The number of thiazole rings is 1. The van der Waals surface area contributed by atoms with Gasteiger partial charge in [-0.25, -0.2) is 4.98 Å². The van der Waals surface area contributed by atoms with Crippen LogP contribution in [0.2, 0.25) is 0 Å². The van der Waals surface area contributed by atoms with Gasteiger partial charge in [0, 0.05) is 16.3 Å². The van der Waals surface area contributed by atoms with Crippen LogP contribution in [-0.4, -0.2) is 9.38 Å². The van der Waals surface area contributed by atoms with Gasteiger partial charge in [-0.2, -0.15) is 0 Å². The van der Waals surface area contributed by atoms with Crippen LogP contribution < -0.4 is 0 Å². The van der Waals surface area contributed by atoms with Crippen molar-refractivity contribution in [2.45, 2.75) is 59.3 Å². The van der Waals surface area contributed by atoms with Crippen molar-refractivity contribution in [2.75, 3.05) is 0 Å². The first-order valence-corrected chi connectivity index (χ1v) is 8.36. The molecule has 19 heavy (non-hydrogen) atoms. The van der Waals surface area contributed by atoms with Crippen molar-refractivity contribution in [1.29, 1.82) is 0 Å². The van der Waals surface area contributed by atoms with Gasteiger partial charge < -0.3 is 0 Å². The summed E-state index contributed by atoms with van der Waals surface area (Å²) in [6.45, 7) is 7.16. The Hall–Kier alpha value is -0.830. The second-order valence-electron chi connectivity index (χ2n) is 7.25. The Kier molecular flexibility index (Phi) is 2.42. The summed E-state index contributed by atoms with van der Waals surface area (Å²) in [6.07, 6.45) is 7.60. The molecule has 0 saturated heterocycles. The highest BCUT2D eigenvalue weighted by Gasteiger charge is 2.33. The first kappa shape index (κ1) is 12.0. The minimum atomic E-state index is 0.418. The lowest BCUT2D eigenvalue weighted by atomic mass is 9.73. The van der Waals surface area contributed by atoms with Crippen molar-refractivity contribution in [2.24, 2.45) is 11.3 Å². The number of rotatable bonds is 0. The van der Waals surface area contributed by atoms with Crippen LogP contribution in [0, 0.1) is 11.3 Å². The first-order valence-electron chi connectivity index (χ1n) is 7.55. The molecule has 0 amide bonds. The lowest BCUT2D eigenvalue weighted by Gasteiger charge is -2.33. The van der Waals surface area contributed by atoms with Gasteiger partial charge in [0.1, 0.15) is 0 Å². The largest absolute Gasteiger partial charge is 0.291 e. The predicted molar refractivity (Wildman–Crippen MR) is 80.1 cm³/mol. The molecule has 1 atom stereocenters. The van der Waals surface area contributed by atoms with Crippen LogP contribution in [0.1, 0.15) is 55.6 Å². The molecule has 0 bridgehead atoms. The molecule has 2 heterocycles. The summed E-state index contributed by atoms with van der Waals surface area (Å²) in [5.74, 6) is 0.803. The zero-order valence-corrected chi connectivity index (χ0v) is 12.9. The third kappa shape index (κ3) is 1.70. The minimum Gasteiger partial charge on any atom is -0.291 e. The molecular formula is C16H22N2S. The Morgan fingerprint density at radius 2 is 2.00 bits per heavy atom. The molecule has 0 aromatic carbocycles. The third-order valence-electron chi connectivity index (χ3n) is 5.04. The monoisotopic (exact) mass is 274 g/mol. The fourth-order valence-electron chi connectivity index (χ4n) is 3.77. The van der Waals surface area contributed by atoms with E-state index in [2.05, 4.69) is 25.2 Å². The molecule has 2 aromatic heterocycles. The summed E-state index contributed by atoms with van der Waals surface area (Å²) in [4.78, 5) is 7.78. The van der Waals surface area contributed by atoms with Crippen LogP contribution in [-0.2, 0) is 25.7 Å². The summed E-state index contributed by atoms with van der Waals surface area (Å²) in [6, 6.07) is 0. The van der Waals surface area contributed by atoms with E-state index >= 15 is 0 Å². The van der Waals surface area contributed by atoms with Gasteiger partial charge in [-0.15, -0.1) is 11.3 Å². The number of hydrogen-bond donors (Lipinski definition) is 0. The third-order valence-corrected chi connectivity index (χ3v) is 6.19. The van der Waals surface area contributed by atoms with E-state index in [0.29, 0.717) is 5.41 Å². The molecule has 4 rings (SSSR count). The molecule has 0 aliphatic heterocycles. The second kappa shape index (κ2) is 3.85. The highest BCUT2D eigenvalue weighted by atomic mass is 32.1. The molecule has 2 aromatic rings. The number of aromatic nitrogens is 2. The van der Waals surface area contributed by atoms with Gasteiger partial charge >= 0.3 is 0 Å². The maximum absolute atomic E-state index is 4.91. The van der Waals surface area contributed by atoms with E-state index in [1.54, 1.807) is 16.3 Å². The molecule has 3 heteroatoms. The average Bonchev–Trinajstić information content (AvgIpc) is 2.95. The van der Waals surface area contributed by atoms with Crippen LogP contribution in [0.25, 0.3) is 4.96 Å². The Morgan fingerprint density at radius 3 is 2.79 bits per heavy atom. The maximum atomic E-state index is 4.91. The molecule has 0 N–H and O–H groups in total. The van der Waals surface area contributed by atoms with E-state index in [9.17, 15) is 0 Å². The van der Waals surface area contributed by atoms with Gasteiger partial charge in [0.05, 0.1) is 5.69 Å². The number of aryl methyl sites for hydroxylation is 3. The van der Waals surface area contributed by atoms with Gasteiger partial charge in [0.25, 0.3) is 0 Å². The number of hydrogen-bond acceptors (Lipinski definition) is 2. The van der Waals surface area contributed by atoms with Gasteiger partial charge in [0.15, 0.2) is 4.96 Å². The molecule has 0 saturated carbocycles. The fourth-order valence-corrected chi connectivity index (χ4v) is 5.02. The lowest BCUT2D eigenvalue weighted by molar-refractivity contribution is 0.213. The van der Waals surface area contributed by atoms with Crippen LogP contribution in [0.3, 0.4) is 0 Å². The fraction of sp³-hybridized carbons (Fsp3) is 0.688. The van der Waals surface area contributed by atoms with Crippen LogP contribution >= 0.6 is 11.3 Å². The smallest absolute Gasteiger partial charge is 0.194 e. The molecular weight excluding hydrogens is 252 g/mol. The normalized spacial score (nSPS) is 22.8. The summed E-state index contributed by atoms with van der Waals surface area (Å²) in [5, 5.41) is 0. The molecule has 0 fully saturated rings. The van der Waals surface area contributed by atoms with E-state index in [0.717, 1.165) is 5.92 Å². The van der Waals surface area contributed by atoms with Crippen molar-refractivity contribution < 1.29 is 0 Å². The zero-order chi connectivity index (χ0) is 13.2. The van der Waals surface area contributed by atoms with Gasteiger partial charge in [-0.1, -0.05) is 20.8 Å². The molecule has 0 radical (unpaired) electrons. The maximum Gasteiger partial charge on any atom is 0.194 e. The predicted octanol–water partition coefficient (Wildman–Crippen LogP) is 4.04. The van der Waals surface area contributed by atoms with E-state index in [1.807, 2.05) is 11.3 Å². The topological polar surface area (TPSA) is 17.3 Å². The lowest BCUT2D eigenvalue weighted by Crippen LogP contribution is -2.27. The van der Waals surface area contributed by atoms with Crippen molar-refractivity contribution in [3.63, 3.8) is 0 Å². The van der Waals surface area contributed by atoms with E-state index < -0.39 is 0 Å². The van der Waals surface area contributed by atoms with Gasteiger partial charge in [-0.3, -0.25) is 4.40 Å². The molecule has 102 valence electrons. The van der Waals surface area contributed by atoms with Gasteiger partial charge in [-0.05, 0) is 49.9 Å². The number of imidazole rings is 1. The van der Waals surface area contributed by atoms with Crippen molar-refractivity contribution in [1.82, 2.24) is 9.38 Å². The van der Waals surface area contributed by atoms with Crippen molar-refractivity contribution >= 4 is 16.3 Å². The van der Waals surface area contributed by atoms with E-state index in [4.69, 9.17) is 4.98 Å². The van der Waals surface area contributed by atoms with Crippen LogP contribution in [0.5, 0.6) is 0 Å². The Bertz CT molecular complexity index is 642. The zero-order valence-electron chi connectivity index (χ0n) is 12.1. The summed E-state index contributed by atoms with van der Waals surface area (Å²) >= 11 is 1.94. The molecule has 1 unspecified atom stereocenters. The average molecular weight is 274 g/mol. The highest BCUT2D eigenvalue weighted by Crippen LogP contribution is 2.40. The summed E-state index contributed by atoms with van der Waals surface area (Å²) < 4.78 is 2.53. The molecule has 2 nitrogen and oxygen atoms in total. The Labute approximate surface area is 118 Å². The Balaban J connectivity index is 1.84. The quantitative estimate of drug-likeness (QED) is 0.709. The highest BCUT2D eigenvalue weighted by molar-refractivity contribution is 7.17. The van der Waals surface area contributed by atoms with Crippen molar-refractivity contribution in [3.05, 3.63) is 22.0 Å². The van der Waals surface area contributed by atoms with Crippen molar-refractivity contribution in [3.8, 4) is 0 Å². The molecule has 2 aliphatic rings. The standard InChI is InChI=1S/C16H22N2S/c1-16(2,3)10-7-8-11-13(9-10)18-12-5-4-6-14(12)19-15(18)17-11/h10H,4-9H2,1-3H3. The van der Waals surface area contributed by atoms with Crippen LogP contribution in [0.4, 0.5) is 0 Å². The Morgan fingerprint density at radius 1 is 1.16 bits per heavy atom. The summed E-state index contributed by atoms with van der Waals surface area (Å²) in [7, 11) is 0. The van der Waals surface area contributed by atoms with Crippen LogP contribution in [0.15, 0.2) is 0 Å². The number of nitrogens with zero attached hydrogens (tertiary/aromatic N) is 2.